The summed E-state index contributed by atoms with van der Waals surface area (Å²) in [5, 5.41) is 4.43. The quantitative estimate of drug-likeness (QED) is 0.443. The molecule has 20 heavy (non-hydrogen) atoms. The lowest BCUT2D eigenvalue weighted by Gasteiger charge is -2.21. The van der Waals surface area contributed by atoms with Crippen molar-refractivity contribution in [3.05, 3.63) is 15.6 Å². The van der Waals surface area contributed by atoms with Crippen LogP contribution in [0.1, 0.15) is 42.3 Å². The van der Waals surface area contributed by atoms with Crippen LogP contribution in [0.5, 0.6) is 0 Å². The number of hydrogen-bond acceptors (Lipinski definition) is 3. The average molecular weight is 410 g/mol. The van der Waals surface area contributed by atoms with Crippen molar-refractivity contribution < 1.29 is 0 Å². The minimum absolute atomic E-state index is 0. The van der Waals surface area contributed by atoms with Crippen molar-refractivity contribution in [3.8, 4) is 0 Å². The molecule has 0 amide bonds. The third-order valence-corrected chi connectivity index (χ3v) is 4.04. The maximum Gasteiger partial charge on any atom is 0.194 e. The first kappa shape index (κ1) is 19.6. The lowest BCUT2D eigenvalue weighted by Crippen LogP contribution is -2.39. The predicted octanol–water partition coefficient (Wildman–Crippen LogP) is 3.58. The Labute approximate surface area is 144 Å². The van der Waals surface area contributed by atoms with Gasteiger partial charge in [-0.15, -0.1) is 35.3 Å². The Bertz CT molecular complexity index is 398. The molecule has 0 fully saturated rings. The van der Waals surface area contributed by atoms with E-state index in [2.05, 4.69) is 54.9 Å². The molecule has 4 nitrogen and oxygen atoms in total. The van der Waals surface area contributed by atoms with E-state index in [1.807, 2.05) is 0 Å². The molecule has 0 spiro atoms. The highest BCUT2D eigenvalue weighted by Crippen LogP contribution is 2.17. The van der Waals surface area contributed by atoms with Crippen molar-refractivity contribution in [2.45, 2.75) is 47.1 Å². The number of aromatic nitrogens is 1. The Morgan fingerprint density at radius 2 is 2.05 bits per heavy atom. The third-order valence-electron chi connectivity index (χ3n) is 2.98. The number of nitrogens with zero attached hydrogens (tertiary/aromatic N) is 3. The van der Waals surface area contributed by atoms with E-state index in [1.165, 1.54) is 17.7 Å². The van der Waals surface area contributed by atoms with Crippen molar-refractivity contribution >= 4 is 41.3 Å². The number of thiazole rings is 1. The number of guanidine groups is 1. The first-order valence-electron chi connectivity index (χ1n) is 7.00. The summed E-state index contributed by atoms with van der Waals surface area (Å²) >= 11 is 1.74. The van der Waals surface area contributed by atoms with Crippen LogP contribution in [0.3, 0.4) is 0 Å². The van der Waals surface area contributed by atoms with Crippen molar-refractivity contribution in [3.63, 3.8) is 0 Å². The van der Waals surface area contributed by atoms with E-state index in [1.54, 1.807) is 11.3 Å². The Balaban J connectivity index is 0.00000361. The lowest BCUT2D eigenvalue weighted by molar-refractivity contribution is 0.464. The van der Waals surface area contributed by atoms with Crippen LogP contribution >= 0.6 is 35.3 Å². The van der Waals surface area contributed by atoms with Crippen molar-refractivity contribution in [2.24, 2.45) is 4.99 Å². The number of aliphatic imine (C=N–C) groups is 1. The fraction of sp³-hybridized carbons (Fsp3) is 0.714. The van der Waals surface area contributed by atoms with Crippen LogP contribution in [0.15, 0.2) is 4.99 Å². The molecular weight excluding hydrogens is 383 g/mol. The highest BCUT2D eigenvalue weighted by Gasteiger charge is 2.06. The molecule has 0 bridgehead atoms. The number of halogens is 1. The van der Waals surface area contributed by atoms with Gasteiger partial charge in [0, 0.05) is 25.0 Å². The Morgan fingerprint density at radius 1 is 1.35 bits per heavy atom. The van der Waals surface area contributed by atoms with Gasteiger partial charge < -0.3 is 10.2 Å². The minimum Gasteiger partial charge on any atom is -0.357 e. The fourth-order valence-corrected chi connectivity index (χ4v) is 2.58. The van der Waals surface area contributed by atoms with Gasteiger partial charge in [-0.2, -0.15) is 0 Å². The molecule has 0 saturated carbocycles. The molecular formula is C14H27IN4S. The van der Waals surface area contributed by atoms with Crippen LogP contribution in [0.4, 0.5) is 0 Å². The number of hydrogen-bond donors (Lipinski definition) is 1. The summed E-state index contributed by atoms with van der Waals surface area (Å²) in [5.74, 6) is 0.974. The number of rotatable bonds is 6. The van der Waals surface area contributed by atoms with Gasteiger partial charge in [0.05, 0.1) is 12.2 Å². The smallest absolute Gasteiger partial charge is 0.194 e. The molecule has 0 atom stereocenters. The molecule has 1 heterocycles. The first-order valence-corrected chi connectivity index (χ1v) is 7.82. The van der Waals surface area contributed by atoms with Gasteiger partial charge in [0.2, 0.25) is 0 Å². The van der Waals surface area contributed by atoms with Crippen molar-refractivity contribution in [1.29, 1.82) is 0 Å². The Morgan fingerprint density at radius 3 is 2.55 bits per heavy atom. The maximum absolute atomic E-state index is 4.67. The summed E-state index contributed by atoms with van der Waals surface area (Å²) in [4.78, 5) is 12.7. The second-order valence-corrected chi connectivity index (χ2v) is 5.98. The zero-order valence-corrected chi connectivity index (χ0v) is 16.3. The molecule has 0 aliphatic rings. The van der Waals surface area contributed by atoms with E-state index in [-0.39, 0.29) is 24.0 Å². The molecule has 116 valence electrons. The van der Waals surface area contributed by atoms with E-state index in [9.17, 15) is 0 Å². The van der Waals surface area contributed by atoms with Gasteiger partial charge in [-0.3, -0.25) is 0 Å². The lowest BCUT2D eigenvalue weighted by atomic mass is 10.3. The standard InChI is InChI=1S/C14H26N4S.HI/c1-6-8-9-18(5)14(15-7-2)16-10-13-17-11(3)12(4)19-13;/h6-10H2,1-5H3,(H,15,16);1H. The highest BCUT2D eigenvalue weighted by atomic mass is 127. The molecule has 0 radical (unpaired) electrons. The average Bonchev–Trinajstić information content (AvgIpc) is 2.71. The van der Waals surface area contributed by atoms with Crippen molar-refractivity contribution in [2.75, 3.05) is 20.1 Å². The van der Waals surface area contributed by atoms with Crippen LogP contribution in [-0.4, -0.2) is 36.0 Å². The van der Waals surface area contributed by atoms with Crippen molar-refractivity contribution in [1.82, 2.24) is 15.2 Å². The van der Waals surface area contributed by atoms with Crippen LogP contribution in [-0.2, 0) is 6.54 Å². The SMILES string of the molecule is CCCCN(C)C(=NCc1nc(C)c(C)s1)NCC.I. The Hall–Kier alpha value is -0.370. The van der Waals surface area contributed by atoms with E-state index in [0.717, 1.165) is 29.8 Å². The molecule has 1 rings (SSSR count). The maximum atomic E-state index is 4.67. The topological polar surface area (TPSA) is 40.5 Å². The van der Waals surface area contributed by atoms with Crippen LogP contribution in [0.25, 0.3) is 0 Å². The molecule has 0 aromatic carbocycles. The Kier molecular flexibility index (Phi) is 10.2. The largest absolute Gasteiger partial charge is 0.357 e. The van der Waals surface area contributed by atoms with Gasteiger partial charge in [-0.1, -0.05) is 13.3 Å². The van der Waals surface area contributed by atoms with Gasteiger partial charge in [0.1, 0.15) is 5.01 Å². The third kappa shape index (κ3) is 6.39. The molecule has 1 aromatic heterocycles. The fourth-order valence-electron chi connectivity index (χ4n) is 1.72. The van der Waals surface area contributed by atoms with E-state index in [0.29, 0.717) is 6.54 Å². The summed E-state index contributed by atoms with van der Waals surface area (Å²) in [6.45, 7) is 11.1. The monoisotopic (exact) mass is 410 g/mol. The molecule has 1 N–H and O–H groups in total. The molecule has 1 aromatic rings. The van der Waals surface area contributed by atoms with Crippen LogP contribution < -0.4 is 5.32 Å². The first-order chi connectivity index (χ1) is 9.08. The zero-order valence-electron chi connectivity index (χ0n) is 13.2. The summed E-state index contributed by atoms with van der Waals surface area (Å²) < 4.78 is 0. The van der Waals surface area contributed by atoms with Gasteiger partial charge in [-0.05, 0) is 27.2 Å². The normalized spacial score (nSPS) is 11.2. The molecule has 6 heteroatoms. The number of nitrogens with one attached hydrogen (secondary N) is 1. The molecule has 0 aliphatic heterocycles. The molecule has 0 saturated heterocycles. The number of aryl methyl sites for hydroxylation is 2. The van der Waals surface area contributed by atoms with Gasteiger partial charge in [0.25, 0.3) is 0 Å². The van der Waals surface area contributed by atoms with Crippen LogP contribution in [0, 0.1) is 13.8 Å². The van der Waals surface area contributed by atoms with E-state index >= 15 is 0 Å². The summed E-state index contributed by atoms with van der Waals surface area (Å²) in [6.07, 6.45) is 2.39. The molecule has 0 aliphatic carbocycles. The van der Waals surface area contributed by atoms with Gasteiger partial charge in [-0.25, -0.2) is 9.98 Å². The van der Waals surface area contributed by atoms with E-state index in [4.69, 9.17) is 0 Å². The summed E-state index contributed by atoms with van der Waals surface area (Å²) in [5.41, 5.74) is 1.12. The summed E-state index contributed by atoms with van der Waals surface area (Å²) in [6, 6.07) is 0. The predicted molar refractivity (Wildman–Crippen MR) is 99.4 cm³/mol. The van der Waals surface area contributed by atoms with E-state index < -0.39 is 0 Å². The summed E-state index contributed by atoms with van der Waals surface area (Å²) in [7, 11) is 2.09. The van der Waals surface area contributed by atoms with Gasteiger partial charge in [0.15, 0.2) is 5.96 Å². The number of unbranched alkanes of at least 4 members (excludes halogenated alkanes) is 1. The second kappa shape index (κ2) is 10.4. The van der Waals surface area contributed by atoms with Gasteiger partial charge >= 0.3 is 0 Å². The highest BCUT2D eigenvalue weighted by molar-refractivity contribution is 14.0. The molecule has 0 unspecified atom stereocenters. The minimum atomic E-state index is 0. The van der Waals surface area contributed by atoms with Crippen LogP contribution in [0.2, 0.25) is 0 Å². The second-order valence-electron chi connectivity index (χ2n) is 4.69. The zero-order chi connectivity index (χ0) is 14.3.